The predicted molar refractivity (Wildman–Crippen MR) is 141 cm³/mol. The molecule has 0 heterocycles. The molecule has 194 valence electrons. The maximum absolute atomic E-state index is 13.5. The van der Waals surface area contributed by atoms with Crippen LogP contribution in [0.1, 0.15) is 85.6 Å². The van der Waals surface area contributed by atoms with Crippen molar-refractivity contribution < 1.29 is 19.1 Å². The maximum Gasteiger partial charge on any atom is 0.345 e. The number of ether oxygens (including phenoxy) is 2. The van der Waals surface area contributed by atoms with Crippen molar-refractivity contribution in [1.29, 1.82) is 0 Å². The van der Waals surface area contributed by atoms with Crippen LogP contribution in [0.15, 0.2) is 29.8 Å². The molecule has 1 aromatic carbocycles. The fraction of sp³-hybridized carbons (Fsp3) is 0.667. The first-order valence-electron chi connectivity index (χ1n) is 13.5. The summed E-state index contributed by atoms with van der Waals surface area (Å²) in [6.45, 7) is 13.1. The number of benzene rings is 1. The molecular weight excluding hydrogens is 438 g/mol. The molecule has 0 spiro atoms. The Morgan fingerprint density at radius 2 is 1.23 bits per heavy atom. The van der Waals surface area contributed by atoms with Gasteiger partial charge in [-0.3, -0.25) is 0 Å². The van der Waals surface area contributed by atoms with E-state index < -0.39 is 11.9 Å². The number of carbonyl (C=O) groups is 2. The zero-order valence-corrected chi connectivity index (χ0v) is 22.5. The molecule has 6 unspecified atom stereocenters. The van der Waals surface area contributed by atoms with Crippen LogP contribution in [0.2, 0.25) is 0 Å². The smallest absolute Gasteiger partial charge is 0.345 e. The summed E-state index contributed by atoms with van der Waals surface area (Å²) >= 11 is 0. The fourth-order valence-electron chi connectivity index (χ4n) is 5.86. The maximum atomic E-state index is 13.5. The lowest BCUT2D eigenvalue weighted by Gasteiger charge is -2.37. The molecule has 2 aliphatic carbocycles. The van der Waals surface area contributed by atoms with E-state index in [4.69, 9.17) is 15.2 Å². The van der Waals surface area contributed by atoms with Crippen molar-refractivity contribution in [2.75, 3.05) is 5.73 Å². The largest absolute Gasteiger partial charge is 0.458 e. The molecule has 35 heavy (non-hydrogen) atoms. The highest BCUT2D eigenvalue weighted by Gasteiger charge is 2.38. The van der Waals surface area contributed by atoms with Gasteiger partial charge in [-0.25, -0.2) is 9.59 Å². The minimum Gasteiger partial charge on any atom is -0.458 e. The highest BCUT2D eigenvalue weighted by molar-refractivity contribution is 6.17. The van der Waals surface area contributed by atoms with Gasteiger partial charge in [-0.05, 0) is 85.0 Å². The normalized spacial score (nSPS) is 29.0. The molecule has 3 rings (SSSR count). The molecular formula is C30H45NO4. The van der Waals surface area contributed by atoms with Gasteiger partial charge in [-0.15, -0.1) is 0 Å². The molecule has 0 aromatic heterocycles. The molecule has 0 aliphatic heterocycles. The summed E-state index contributed by atoms with van der Waals surface area (Å²) in [6.07, 6.45) is 7.23. The quantitative estimate of drug-likeness (QED) is 0.154. The Hall–Kier alpha value is -2.30. The third-order valence-electron chi connectivity index (χ3n) is 8.13. The van der Waals surface area contributed by atoms with Crippen LogP contribution < -0.4 is 5.73 Å². The number of hydrogen-bond donors (Lipinski definition) is 1. The van der Waals surface area contributed by atoms with E-state index >= 15 is 0 Å². The molecule has 2 N–H and O–H groups in total. The number of hydrogen-bond acceptors (Lipinski definition) is 5. The van der Waals surface area contributed by atoms with Crippen molar-refractivity contribution in [1.82, 2.24) is 0 Å². The van der Waals surface area contributed by atoms with E-state index in [1.807, 2.05) is 0 Å². The summed E-state index contributed by atoms with van der Waals surface area (Å²) in [5, 5.41) is 0. The van der Waals surface area contributed by atoms with E-state index in [-0.39, 0.29) is 17.8 Å². The molecule has 2 fully saturated rings. The second kappa shape index (κ2) is 12.1. The highest BCUT2D eigenvalue weighted by Crippen LogP contribution is 2.37. The van der Waals surface area contributed by atoms with Gasteiger partial charge in [0.1, 0.15) is 17.8 Å². The molecule has 0 bridgehead atoms. The zero-order valence-electron chi connectivity index (χ0n) is 22.5. The second-order valence-corrected chi connectivity index (χ2v) is 11.8. The van der Waals surface area contributed by atoms with E-state index in [1.165, 1.54) is 0 Å². The van der Waals surface area contributed by atoms with Crippen LogP contribution >= 0.6 is 0 Å². The monoisotopic (exact) mass is 483 g/mol. The standard InChI is InChI=1S/C30H45NO4/c1-18(2)24-13-7-20(5)15-27(24)34-29(32)26(17-22-9-11-23(31)12-10-22)30(33)35-28-16-21(6)8-14-25(28)19(3)4/h9-12,17-21,24-25,27-28H,7-8,13-16,31H2,1-6H3. The number of esters is 2. The fourth-order valence-corrected chi connectivity index (χ4v) is 5.86. The van der Waals surface area contributed by atoms with Crippen molar-refractivity contribution in [3.63, 3.8) is 0 Å². The van der Waals surface area contributed by atoms with Crippen LogP contribution in [-0.4, -0.2) is 24.1 Å². The van der Waals surface area contributed by atoms with Gasteiger partial charge >= 0.3 is 11.9 Å². The first-order valence-corrected chi connectivity index (χ1v) is 13.5. The van der Waals surface area contributed by atoms with Gasteiger partial charge in [0, 0.05) is 5.69 Å². The molecule has 2 saturated carbocycles. The lowest BCUT2D eigenvalue weighted by atomic mass is 9.75. The van der Waals surface area contributed by atoms with Crippen LogP contribution in [0, 0.1) is 35.5 Å². The van der Waals surface area contributed by atoms with E-state index in [0.717, 1.165) is 44.1 Å². The van der Waals surface area contributed by atoms with Gasteiger partial charge in [0.2, 0.25) is 0 Å². The van der Waals surface area contributed by atoms with Gasteiger partial charge in [-0.1, -0.05) is 66.5 Å². The summed E-state index contributed by atoms with van der Waals surface area (Å²) < 4.78 is 12.1. The summed E-state index contributed by atoms with van der Waals surface area (Å²) in [5.74, 6) is 1.24. The van der Waals surface area contributed by atoms with Crippen LogP contribution in [-0.2, 0) is 19.1 Å². The summed E-state index contributed by atoms with van der Waals surface area (Å²) in [4.78, 5) is 27.0. The number of carbonyl (C=O) groups excluding carboxylic acids is 2. The van der Waals surface area contributed by atoms with Crippen molar-refractivity contribution in [2.45, 2.75) is 92.3 Å². The lowest BCUT2D eigenvalue weighted by molar-refractivity contribution is -0.159. The lowest BCUT2D eigenvalue weighted by Crippen LogP contribution is -2.39. The van der Waals surface area contributed by atoms with Crippen molar-refractivity contribution in [2.24, 2.45) is 35.5 Å². The molecule has 2 aliphatic rings. The van der Waals surface area contributed by atoms with Crippen molar-refractivity contribution >= 4 is 23.7 Å². The predicted octanol–water partition coefficient (Wildman–Crippen LogP) is 6.66. The van der Waals surface area contributed by atoms with Crippen molar-refractivity contribution in [3.8, 4) is 0 Å². The Morgan fingerprint density at radius 3 is 1.63 bits per heavy atom. The van der Waals surface area contributed by atoms with Crippen LogP contribution in [0.3, 0.4) is 0 Å². The molecule has 1 aromatic rings. The Labute approximate surface area is 211 Å². The zero-order chi connectivity index (χ0) is 25.7. The van der Waals surface area contributed by atoms with Gasteiger partial charge in [-0.2, -0.15) is 0 Å². The Balaban J connectivity index is 1.86. The molecule has 5 nitrogen and oxygen atoms in total. The van der Waals surface area contributed by atoms with E-state index in [0.29, 0.717) is 41.2 Å². The molecule has 0 amide bonds. The molecule has 5 heteroatoms. The number of nitrogen functional groups attached to an aromatic ring is 1. The van der Waals surface area contributed by atoms with Gasteiger partial charge in [0.05, 0.1) is 0 Å². The number of rotatable bonds is 7. The Morgan fingerprint density at radius 1 is 0.800 bits per heavy atom. The third-order valence-corrected chi connectivity index (χ3v) is 8.13. The van der Waals surface area contributed by atoms with Crippen LogP contribution in [0.4, 0.5) is 5.69 Å². The minimum absolute atomic E-state index is 0.0313. The molecule has 0 radical (unpaired) electrons. The average molecular weight is 484 g/mol. The Kier molecular flexibility index (Phi) is 9.43. The third kappa shape index (κ3) is 7.35. The topological polar surface area (TPSA) is 78.6 Å². The van der Waals surface area contributed by atoms with Crippen molar-refractivity contribution in [3.05, 3.63) is 35.4 Å². The summed E-state index contributed by atoms with van der Waals surface area (Å²) in [6, 6.07) is 7.12. The SMILES string of the molecule is CC1CCC(C(C)C)C(OC(=O)C(=Cc2ccc(N)cc2)C(=O)OC2CC(C)CCC2C(C)C)C1. The second-order valence-electron chi connectivity index (χ2n) is 11.8. The molecule has 6 atom stereocenters. The van der Waals surface area contributed by atoms with E-state index in [1.54, 1.807) is 30.3 Å². The minimum atomic E-state index is -0.582. The number of nitrogens with two attached hydrogens (primary N) is 1. The van der Waals surface area contributed by atoms with Crippen LogP contribution in [0.5, 0.6) is 0 Å². The van der Waals surface area contributed by atoms with Gasteiger partial charge < -0.3 is 15.2 Å². The average Bonchev–Trinajstić information content (AvgIpc) is 2.78. The van der Waals surface area contributed by atoms with Gasteiger partial charge in [0.25, 0.3) is 0 Å². The summed E-state index contributed by atoms with van der Waals surface area (Å²) in [7, 11) is 0. The highest BCUT2D eigenvalue weighted by atomic mass is 16.6. The van der Waals surface area contributed by atoms with E-state index in [9.17, 15) is 9.59 Å². The molecule has 0 saturated heterocycles. The first kappa shape index (κ1) is 27.3. The Bertz CT molecular complexity index is 840. The number of anilines is 1. The van der Waals surface area contributed by atoms with Crippen LogP contribution in [0.25, 0.3) is 6.08 Å². The van der Waals surface area contributed by atoms with Gasteiger partial charge in [0.15, 0.2) is 0 Å². The first-order chi connectivity index (χ1) is 16.5. The summed E-state index contributed by atoms with van der Waals surface area (Å²) in [5.41, 5.74) is 7.15. The van der Waals surface area contributed by atoms with E-state index in [2.05, 4.69) is 41.5 Å².